The fourth-order valence-corrected chi connectivity index (χ4v) is 1.65. The molecule has 0 fully saturated rings. The summed E-state index contributed by atoms with van der Waals surface area (Å²) >= 11 is 0. The van der Waals surface area contributed by atoms with Crippen LogP contribution in [0.4, 0.5) is 13.2 Å². The first-order valence-corrected chi connectivity index (χ1v) is 7.87. The summed E-state index contributed by atoms with van der Waals surface area (Å²) in [5.41, 5.74) is -5.65. The van der Waals surface area contributed by atoms with Crippen LogP contribution in [0.1, 0.15) is 20.8 Å². The lowest BCUT2D eigenvalue weighted by Crippen LogP contribution is -2.21. The molecule has 1 unspecified atom stereocenters. The van der Waals surface area contributed by atoms with Gasteiger partial charge in [-0.1, -0.05) is 18.2 Å². The highest BCUT2D eigenvalue weighted by molar-refractivity contribution is 7.86. The van der Waals surface area contributed by atoms with Crippen molar-refractivity contribution >= 4 is 24.2 Å². The summed E-state index contributed by atoms with van der Waals surface area (Å²) in [6.45, 7) is 6.26. The Balaban J connectivity index is 0.000000396. The highest BCUT2D eigenvalue weighted by Crippen LogP contribution is 2.21. The zero-order chi connectivity index (χ0) is 16.0. The van der Waals surface area contributed by atoms with Crippen LogP contribution in [0.15, 0.2) is 30.3 Å². The number of alkyl halides is 3. The molecule has 116 valence electrons. The quantitative estimate of drug-likeness (QED) is 0.474. The van der Waals surface area contributed by atoms with Crippen LogP contribution >= 0.6 is 8.81 Å². The summed E-state index contributed by atoms with van der Waals surface area (Å²) in [7, 11) is -6.12. The van der Waals surface area contributed by atoms with Gasteiger partial charge in [-0.15, -0.1) is 0 Å². The molecule has 0 aliphatic heterocycles. The maximum atomic E-state index is 10.7. The first kappa shape index (κ1) is 19.3. The van der Waals surface area contributed by atoms with E-state index < -0.39 is 15.6 Å². The Hall–Kier alpha value is -0.690. The van der Waals surface area contributed by atoms with Crippen LogP contribution in [-0.4, -0.2) is 24.1 Å². The Morgan fingerprint density at radius 1 is 1.10 bits per heavy atom. The van der Waals surface area contributed by atoms with E-state index >= 15 is 0 Å². The second kappa shape index (κ2) is 7.36. The molecule has 0 heterocycles. The number of hydrogen-bond acceptors (Lipinski definition) is 4. The molecule has 0 aliphatic rings. The molecular formula is C11H16F3O4PS. The molecule has 1 aromatic rings. The van der Waals surface area contributed by atoms with Gasteiger partial charge in [-0.05, 0) is 32.9 Å². The minimum Gasteiger partial charge on any atom is -0.741 e. The monoisotopic (exact) mass is 332 g/mol. The first-order chi connectivity index (χ1) is 8.83. The lowest BCUT2D eigenvalue weighted by molar-refractivity contribution is -0.0517. The minimum absolute atomic E-state index is 0.00876. The second-order valence-corrected chi connectivity index (χ2v) is 7.17. The molecule has 4 nitrogen and oxygen atoms in total. The van der Waals surface area contributed by atoms with Gasteiger partial charge in [0, 0.05) is 0 Å². The zero-order valence-corrected chi connectivity index (χ0v) is 13.1. The minimum atomic E-state index is -6.09. The van der Waals surface area contributed by atoms with Crippen LogP contribution in [0.2, 0.25) is 0 Å². The number of hydrogen-bond donors (Lipinski definition) is 0. The summed E-state index contributed by atoms with van der Waals surface area (Å²) in [5, 5.41) is 1.31. The Bertz CT molecular complexity index is 495. The van der Waals surface area contributed by atoms with Crippen molar-refractivity contribution in [3.63, 3.8) is 0 Å². The molecule has 9 heteroatoms. The standard InChI is InChI=1S/C10H15OP.CHF3O3S/c1-10(2,3)11-12-9-7-5-4-6-8-9;2-1(3,4)8(5,6)7/h4-8,12H,1-3H3;(H,5,6,7). The van der Waals surface area contributed by atoms with Crippen molar-refractivity contribution in [1.82, 2.24) is 0 Å². The molecule has 0 N–H and O–H groups in total. The Morgan fingerprint density at radius 3 is 1.80 bits per heavy atom. The van der Waals surface area contributed by atoms with Crippen molar-refractivity contribution in [2.24, 2.45) is 0 Å². The molecular weight excluding hydrogens is 316 g/mol. The van der Waals surface area contributed by atoms with Crippen LogP contribution in [-0.2, 0) is 14.6 Å². The third-order valence-electron chi connectivity index (χ3n) is 1.63. The SMILES string of the molecule is CC(C)(C)O[PH2+]c1ccccc1.O=S(=O)([O-])C(F)(F)F. The fraction of sp³-hybridized carbons (Fsp3) is 0.455. The lowest BCUT2D eigenvalue weighted by Gasteiger charge is -2.12. The van der Waals surface area contributed by atoms with Gasteiger partial charge in [0.15, 0.2) is 18.9 Å². The molecule has 0 amide bonds. The van der Waals surface area contributed by atoms with E-state index in [1.807, 2.05) is 18.2 Å². The molecule has 0 saturated carbocycles. The zero-order valence-electron chi connectivity index (χ0n) is 11.1. The smallest absolute Gasteiger partial charge is 0.485 e. The van der Waals surface area contributed by atoms with Crippen LogP contribution in [0.25, 0.3) is 0 Å². The van der Waals surface area contributed by atoms with Crippen molar-refractivity contribution in [2.75, 3.05) is 0 Å². The van der Waals surface area contributed by atoms with Crippen LogP contribution in [0.3, 0.4) is 0 Å². The van der Waals surface area contributed by atoms with Crippen LogP contribution < -0.4 is 5.30 Å². The van der Waals surface area contributed by atoms with Crippen molar-refractivity contribution in [3.05, 3.63) is 30.3 Å². The molecule has 1 aromatic carbocycles. The second-order valence-electron chi connectivity index (χ2n) is 4.66. The Labute approximate surface area is 118 Å². The van der Waals surface area contributed by atoms with Crippen molar-refractivity contribution in [2.45, 2.75) is 31.9 Å². The highest BCUT2D eigenvalue weighted by atomic mass is 32.2. The van der Waals surface area contributed by atoms with Gasteiger partial charge < -0.3 is 4.55 Å². The van der Waals surface area contributed by atoms with E-state index in [9.17, 15) is 13.2 Å². The van der Waals surface area contributed by atoms with Crippen molar-refractivity contribution in [1.29, 1.82) is 0 Å². The maximum Gasteiger partial charge on any atom is 0.485 e. The molecule has 0 spiro atoms. The summed E-state index contributed by atoms with van der Waals surface area (Å²) < 4.78 is 64.6. The third-order valence-corrected chi connectivity index (χ3v) is 3.68. The first-order valence-electron chi connectivity index (χ1n) is 5.41. The summed E-state index contributed by atoms with van der Waals surface area (Å²) in [6.07, 6.45) is 0. The van der Waals surface area contributed by atoms with Gasteiger partial charge in [0.05, 0.1) is 0 Å². The number of rotatable bonds is 2. The van der Waals surface area contributed by atoms with Gasteiger partial charge in [0.1, 0.15) is 10.9 Å². The van der Waals surface area contributed by atoms with E-state index in [2.05, 4.69) is 32.9 Å². The molecule has 1 atom stereocenters. The Morgan fingerprint density at radius 2 is 1.50 bits per heavy atom. The average Bonchev–Trinajstić information content (AvgIpc) is 2.25. The van der Waals surface area contributed by atoms with E-state index in [1.54, 1.807) is 0 Å². The molecule has 20 heavy (non-hydrogen) atoms. The van der Waals surface area contributed by atoms with Gasteiger partial charge >= 0.3 is 5.51 Å². The summed E-state index contributed by atoms with van der Waals surface area (Å²) in [6, 6.07) is 10.4. The normalized spacial score (nSPS) is 13.2. The van der Waals surface area contributed by atoms with E-state index in [0.717, 1.165) is 0 Å². The molecule has 0 saturated heterocycles. The fourth-order valence-electron chi connectivity index (χ4n) is 0.776. The van der Waals surface area contributed by atoms with E-state index in [-0.39, 0.29) is 14.4 Å². The van der Waals surface area contributed by atoms with Gasteiger partial charge in [0.25, 0.3) is 0 Å². The van der Waals surface area contributed by atoms with Crippen molar-refractivity contribution < 1.29 is 30.7 Å². The molecule has 0 radical (unpaired) electrons. The van der Waals surface area contributed by atoms with Gasteiger partial charge in [-0.25, -0.2) is 12.9 Å². The highest BCUT2D eigenvalue weighted by Gasteiger charge is 2.36. The Kier molecular flexibility index (Phi) is 7.10. The lowest BCUT2D eigenvalue weighted by atomic mass is 10.2. The average molecular weight is 332 g/mol. The summed E-state index contributed by atoms with van der Waals surface area (Å²) in [4.78, 5) is 0. The number of halogens is 3. The predicted octanol–water partition coefficient (Wildman–Crippen LogP) is 2.50. The van der Waals surface area contributed by atoms with Crippen LogP contribution in [0, 0.1) is 0 Å². The molecule has 0 aliphatic carbocycles. The molecule has 0 bridgehead atoms. The third kappa shape index (κ3) is 9.25. The van der Waals surface area contributed by atoms with E-state index in [0.29, 0.717) is 0 Å². The molecule has 1 rings (SSSR count). The largest absolute Gasteiger partial charge is 0.741 e. The van der Waals surface area contributed by atoms with Crippen molar-refractivity contribution in [3.8, 4) is 0 Å². The molecule has 0 aromatic heterocycles. The summed E-state index contributed by atoms with van der Waals surface area (Å²) in [5.74, 6) is 0. The topological polar surface area (TPSA) is 66.4 Å². The van der Waals surface area contributed by atoms with E-state index in [1.165, 1.54) is 5.30 Å². The van der Waals surface area contributed by atoms with Crippen LogP contribution in [0.5, 0.6) is 0 Å². The number of benzene rings is 1. The van der Waals surface area contributed by atoms with Gasteiger partial charge in [0.2, 0.25) is 0 Å². The van der Waals surface area contributed by atoms with Gasteiger partial charge in [-0.3, -0.25) is 0 Å². The predicted molar refractivity (Wildman–Crippen MR) is 72.4 cm³/mol. The van der Waals surface area contributed by atoms with E-state index in [4.69, 9.17) is 17.5 Å². The maximum absolute atomic E-state index is 10.7. The van der Waals surface area contributed by atoms with Gasteiger partial charge in [-0.2, -0.15) is 13.2 Å².